The molecular formula is C33H28F2N8O5. The van der Waals surface area contributed by atoms with Crippen LogP contribution in [-0.4, -0.2) is 39.5 Å². The molecule has 4 aromatic carbocycles. The third-order valence-electron chi connectivity index (χ3n) is 8.22. The summed E-state index contributed by atoms with van der Waals surface area (Å²) >= 11 is 0. The van der Waals surface area contributed by atoms with Crippen molar-refractivity contribution in [1.29, 1.82) is 0 Å². The average molecular weight is 655 g/mol. The van der Waals surface area contributed by atoms with Gasteiger partial charge in [-0.1, -0.05) is 30.3 Å². The summed E-state index contributed by atoms with van der Waals surface area (Å²) in [5, 5.41) is 44.3. The molecule has 13 nitrogen and oxygen atoms in total. The maximum absolute atomic E-state index is 15.1. The molecule has 0 saturated heterocycles. The quantitative estimate of drug-likeness (QED) is 0.122. The molecule has 6 aromatic rings. The van der Waals surface area contributed by atoms with Crippen molar-refractivity contribution in [2.24, 2.45) is 0 Å². The first-order valence-electron chi connectivity index (χ1n) is 14.7. The summed E-state index contributed by atoms with van der Waals surface area (Å²) in [6.45, 7) is 1.92. The van der Waals surface area contributed by atoms with Crippen LogP contribution in [0.5, 0.6) is 0 Å². The highest BCUT2D eigenvalue weighted by atomic mass is 19.1. The standard InChI is InChI=1S/C33H28F2N8O5/c1-22(33(44,19-40-21-36-20-37-40)30-10-8-26(34)15-31(30)35)41-18-25-14-27(9-11-32(25)38-41)39(16-23-4-2-6-28(12-23)42(45)46)17-24-5-3-7-29(13-24)43(47)48/h2-15,18,20-22,44H,16-17,19H2,1H3/t22-,33-/m1/s1. The van der Waals surface area contributed by atoms with Crippen LogP contribution in [0, 0.1) is 31.9 Å². The highest BCUT2D eigenvalue weighted by molar-refractivity contribution is 5.82. The van der Waals surface area contributed by atoms with E-state index in [0.29, 0.717) is 33.8 Å². The van der Waals surface area contributed by atoms with Crippen LogP contribution in [0.3, 0.4) is 0 Å². The Balaban J connectivity index is 1.38. The van der Waals surface area contributed by atoms with Crippen molar-refractivity contribution >= 4 is 28.0 Å². The maximum atomic E-state index is 15.1. The van der Waals surface area contributed by atoms with Crippen LogP contribution < -0.4 is 4.90 Å². The minimum absolute atomic E-state index is 0.0653. The van der Waals surface area contributed by atoms with Crippen LogP contribution in [0.4, 0.5) is 25.8 Å². The van der Waals surface area contributed by atoms with Gasteiger partial charge in [-0.2, -0.15) is 10.2 Å². The maximum Gasteiger partial charge on any atom is 0.269 e. The fourth-order valence-electron chi connectivity index (χ4n) is 5.71. The number of anilines is 1. The normalized spacial score (nSPS) is 13.2. The van der Waals surface area contributed by atoms with E-state index < -0.39 is 33.1 Å². The zero-order valence-corrected chi connectivity index (χ0v) is 25.4. The number of rotatable bonds is 12. The van der Waals surface area contributed by atoms with Crippen molar-refractivity contribution < 1.29 is 23.7 Å². The monoisotopic (exact) mass is 654 g/mol. The van der Waals surface area contributed by atoms with Gasteiger partial charge in [0.1, 0.15) is 29.9 Å². The summed E-state index contributed by atoms with van der Waals surface area (Å²) in [4.78, 5) is 27.8. The van der Waals surface area contributed by atoms with Gasteiger partial charge in [0.2, 0.25) is 0 Å². The van der Waals surface area contributed by atoms with Crippen LogP contribution in [0.1, 0.15) is 29.7 Å². The third-order valence-corrected chi connectivity index (χ3v) is 8.22. The molecule has 244 valence electrons. The van der Waals surface area contributed by atoms with E-state index in [1.54, 1.807) is 49.5 Å². The van der Waals surface area contributed by atoms with Crippen LogP contribution in [0.25, 0.3) is 10.9 Å². The Morgan fingerprint density at radius 1 is 0.917 bits per heavy atom. The minimum atomic E-state index is -1.94. The lowest BCUT2D eigenvalue weighted by molar-refractivity contribution is -0.385. The Hall–Kier alpha value is -6.09. The van der Waals surface area contributed by atoms with E-state index in [0.717, 1.165) is 6.07 Å². The highest BCUT2D eigenvalue weighted by Crippen LogP contribution is 2.37. The first kappa shape index (κ1) is 31.9. The van der Waals surface area contributed by atoms with E-state index in [1.807, 2.05) is 11.0 Å². The Morgan fingerprint density at radius 2 is 1.58 bits per heavy atom. The lowest BCUT2D eigenvalue weighted by Crippen LogP contribution is -2.40. The van der Waals surface area contributed by atoms with E-state index in [2.05, 4.69) is 15.2 Å². The van der Waals surface area contributed by atoms with Crippen molar-refractivity contribution in [3.8, 4) is 0 Å². The number of halogens is 2. The fourth-order valence-corrected chi connectivity index (χ4v) is 5.71. The lowest BCUT2D eigenvalue weighted by Gasteiger charge is -2.34. The van der Waals surface area contributed by atoms with Gasteiger partial charge in [0, 0.05) is 66.3 Å². The number of fused-ring (bicyclic) bond motifs is 1. The molecule has 2 atom stereocenters. The Morgan fingerprint density at radius 3 is 2.17 bits per heavy atom. The zero-order valence-electron chi connectivity index (χ0n) is 25.4. The molecule has 0 saturated carbocycles. The lowest BCUT2D eigenvalue weighted by atomic mass is 9.86. The van der Waals surface area contributed by atoms with Gasteiger partial charge >= 0.3 is 0 Å². The molecular weight excluding hydrogens is 626 g/mol. The molecule has 2 heterocycles. The Bertz CT molecular complexity index is 2060. The molecule has 0 aliphatic heterocycles. The van der Waals surface area contributed by atoms with Gasteiger partial charge in [-0.15, -0.1) is 0 Å². The van der Waals surface area contributed by atoms with Crippen molar-refractivity contribution in [3.05, 3.63) is 152 Å². The molecule has 0 radical (unpaired) electrons. The molecule has 0 aliphatic rings. The number of aliphatic hydroxyl groups is 1. The van der Waals surface area contributed by atoms with Gasteiger partial charge in [0.05, 0.1) is 27.9 Å². The number of hydrogen-bond donors (Lipinski definition) is 1. The molecule has 48 heavy (non-hydrogen) atoms. The molecule has 0 spiro atoms. The Kier molecular flexibility index (Phi) is 8.61. The third kappa shape index (κ3) is 6.57. The number of nitrogens with zero attached hydrogens (tertiary/aromatic N) is 8. The second-order valence-electron chi connectivity index (χ2n) is 11.4. The molecule has 6 rings (SSSR count). The number of nitro benzene ring substituents is 2. The molecule has 0 bridgehead atoms. The smallest absolute Gasteiger partial charge is 0.269 e. The van der Waals surface area contributed by atoms with Gasteiger partial charge in [-0.25, -0.2) is 18.4 Å². The predicted octanol–water partition coefficient (Wildman–Crippen LogP) is 6.08. The van der Waals surface area contributed by atoms with Gasteiger partial charge in [0.25, 0.3) is 11.4 Å². The second kappa shape index (κ2) is 13.0. The SMILES string of the molecule is C[C@@H](n1cc2cc(N(Cc3cccc([N+](=O)[O-])c3)Cc3cccc([N+](=O)[O-])c3)ccc2n1)[C@](O)(Cn1cncn1)c1ccc(F)cc1F. The summed E-state index contributed by atoms with van der Waals surface area (Å²) in [6.07, 6.45) is 4.35. The number of nitro groups is 2. The van der Waals surface area contributed by atoms with Crippen molar-refractivity contribution in [2.45, 2.75) is 38.2 Å². The van der Waals surface area contributed by atoms with E-state index in [9.17, 15) is 29.7 Å². The highest BCUT2D eigenvalue weighted by Gasteiger charge is 2.41. The van der Waals surface area contributed by atoms with Crippen molar-refractivity contribution in [2.75, 3.05) is 4.90 Å². The Labute approximate surface area is 271 Å². The van der Waals surface area contributed by atoms with Gasteiger partial charge in [0.15, 0.2) is 0 Å². The summed E-state index contributed by atoms with van der Waals surface area (Å²) in [5.41, 5.74) is 0.333. The number of non-ortho nitro benzene ring substituents is 2. The molecule has 0 amide bonds. The molecule has 15 heteroatoms. The predicted molar refractivity (Wildman–Crippen MR) is 171 cm³/mol. The van der Waals surface area contributed by atoms with Gasteiger partial charge < -0.3 is 10.0 Å². The van der Waals surface area contributed by atoms with E-state index in [1.165, 1.54) is 52.4 Å². The molecule has 1 N–H and O–H groups in total. The summed E-state index contributed by atoms with van der Waals surface area (Å²) in [7, 11) is 0. The average Bonchev–Trinajstić information content (AvgIpc) is 3.74. The second-order valence-corrected chi connectivity index (χ2v) is 11.4. The topological polar surface area (TPSA) is 158 Å². The molecule has 0 fully saturated rings. The molecule has 0 aliphatic carbocycles. The number of hydrogen-bond acceptors (Lipinski definition) is 9. The van der Waals surface area contributed by atoms with E-state index in [-0.39, 0.29) is 36.6 Å². The molecule has 0 unspecified atom stereocenters. The van der Waals surface area contributed by atoms with Crippen molar-refractivity contribution in [3.63, 3.8) is 0 Å². The number of aromatic nitrogens is 5. The largest absolute Gasteiger partial charge is 0.381 e. The first-order chi connectivity index (χ1) is 23.0. The number of benzene rings is 4. The van der Waals surface area contributed by atoms with Crippen LogP contribution in [-0.2, 0) is 25.2 Å². The van der Waals surface area contributed by atoms with Crippen LogP contribution >= 0.6 is 0 Å². The summed E-state index contributed by atoms with van der Waals surface area (Å²) < 4.78 is 31.8. The van der Waals surface area contributed by atoms with Crippen molar-refractivity contribution in [1.82, 2.24) is 24.5 Å². The van der Waals surface area contributed by atoms with E-state index >= 15 is 4.39 Å². The van der Waals surface area contributed by atoms with Crippen LogP contribution in [0.15, 0.2) is 104 Å². The van der Waals surface area contributed by atoms with Gasteiger partial charge in [-0.05, 0) is 42.3 Å². The molecule has 2 aromatic heterocycles. The van der Waals surface area contributed by atoms with Crippen LogP contribution in [0.2, 0.25) is 0 Å². The zero-order chi connectivity index (χ0) is 34.0. The first-order valence-corrected chi connectivity index (χ1v) is 14.7. The minimum Gasteiger partial charge on any atom is -0.381 e. The van der Waals surface area contributed by atoms with E-state index in [4.69, 9.17) is 0 Å². The fraction of sp³-hybridized carbons (Fsp3) is 0.182. The summed E-state index contributed by atoms with van der Waals surface area (Å²) in [6, 6.07) is 20.0. The van der Waals surface area contributed by atoms with Gasteiger partial charge in [-0.3, -0.25) is 24.9 Å². The summed E-state index contributed by atoms with van der Waals surface area (Å²) in [5.74, 6) is -1.72.